The number of hydrogen-bond acceptors (Lipinski definition) is 4. The van der Waals surface area contributed by atoms with Crippen molar-refractivity contribution >= 4 is 11.9 Å². The van der Waals surface area contributed by atoms with Crippen LogP contribution in [-0.2, 0) is 9.47 Å². The number of aromatic carboxylic acids is 1. The summed E-state index contributed by atoms with van der Waals surface area (Å²) in [5.74, 6) is -1.70. The summed E-state index contributed by atoms with van der Waals surface area (Å²) >= 11 is 0. The molecule has 1 rings (SSSR count). The first-order chi connectivity index (χ1) is 10.1. The van der Waals surface area contributed by atoms with E-state index in [0.29, 0.717) is 6.61 Å². The van der Waals surface area contributed by atoms with Crippen molar-refractivity contribution in [2.24, 2.45) is 0 Å². The lowest BCUT2D eigenvalue weighted by molar-refractivity contribution is 0.0489. The molecule has 0 aliphatic heterocycles. The first kappa shape index (κ1) is 19.1. The van der Waals surface area contributed by atoms with Gasteiger partial charge in [-0.25, -0.2) is 9.59 Å². The maximum Gasteiger partial charge on any atom is 0.339 e. The van der Waals surface area contributed by atoms with E-state index in [4.69, 9.17) is 14.6 Å². The molecule has 0 amide bonds. The fourth-order valence-electron chi connectivity index (χ4n) is 1.44. The van der Waals surface area contributed by atoms with Crippen LogP contribution in [0.1, 0.15) is 54.3 Å². The summed E-state index contributed by atoms with van der Waals surface area (Å²) < 4.78 is 9.79. The molecule has 0 unspecified atom stereocenters. The van der Waals surface area contributed by atoms with Gasteiger partial charge in [0.25, 0.3) is 0 Å². The third kappa shape index (κ3) is 8.09. The van der Waals surface area contributed by atoms with Gasteiger partial charge in [0.05, 0.1) is 17.7 Å². The summed E-state index contributed by atoms with van der Waals surface area (Å²) in [5.41, 5.74) is 0.0788. The molecule has 0 spiro atoms. The van der Waals surface area contributed by atoms with E-state index in [1.54, 1.807) is 12.1 Å². The maximum atomic E-state index is 11.6. The van der Waals surface area contributed by atoms with Crippen LogP contribution in [0.4, 0.5) is 0 Å². The molecule has 0 atom stereocenters. The SMILES string of the molecule is CCCCOC(=O)c1ccccc1C(=O)O.CCOCC. The monoisotopic (exact) mass is 296 g/mol. The topological polar surface area (TPSA) is 72.8 Å². The zero-order chi connectivity index (χ0) is 16.1. The van der Waals surface area contributed by atoms with E-state index >= 15 is 0 Å². The molecule has 1 aromatic rings. The third-order valence-corrected chi connectivity index (χ3v) is 2.52. The minimum atomic E-state index is -1.12. The molecule has 21 heavy (non-hydrogen) atoms. The Kier molecular flexibility index (Phi) is 10.8. The average molecular weight is 296 g/mol. The minimum Gasteiger partial charge on any atom is -0.478 e. The highest BCUT2D eigenvalue weighted by Crippen LogP contribution is 2.10. The Morgan fingerprint density at radius 2 is 1.62 bits per heavy atom. The standard InChI is InChI=1S/C12H14O4.C4H10O/c1-2-3-8-16-12(15)10-7-5-4-6-9(10)11(13)14;1-3-5-4-2/h4-7H,2-3,8H2,1H3,(H,13,14);3-4H2,1-2H3. The molecule has 0 aliphatic carbocycles. The van der Waals surface area contributed by atoms with Gasteiger partial charge in [0, 0.05) is 13.2 Å². The third-order valence-electron chi connectivity index (χ3n) is 2.52. The van der Waals surface area contributed by atoms with Crippen LogP contribution in [-0.4, -0.2) is 36.9 Å². The predicted octanol–water partition coefficient (Wildman–Crippen LogP) is 3.38. The predicted molar refractivity (Wildman–Crippen MR) is 80.8 cm³/mol. The lowest BCUT2D eigenvalue weighted by Crippen LogP contribution is -2.12. The number of carbonyl (C=O) groups is 2. The summed E-state index contributed by atoms with van der Waals surface area (Å²) in [6, 6.07) is 6.03. The van der Waals surface area contributed by atoms with Gasteiger partial charge in [-0.15, -0.1) is 0 Å². The fraction of sp³-hybridized carbons (Fsp3) is 0.500. The van der Waals surface area contributed by atoms with Gasteiger partial charge in [0.2, 0.25) is 0 Å². The van der Waals surface area contributed by atoms with Gasteiger partial charge < -0.3 is 14.6 Å². The summed E-state index contributed by atoms with van der Waals surface area (Å²) in [6.07, 6.45) is 1.70. The van der Waals surface area contributed by atoms with Gasteiger partial charge in [-0.2, -0.15) is 0 Å². The molecule has 0 heterocycles. The van der Waals surface area contributed by atoms with Crippen molar-refractivity contribution in [3.05, 3.63) is 35.4 Å². The largest absolute Gasteiger partial charge is 0.478 e. The van der Waals surface area contributed by atoms with Gasteiger partial charge in [-0.05, 0) is 32.4 Å². The Bertz CT molecular complexity index is 426. The Labute approximate surface area is 125 Å². The molecular weight excluding hydrogens is 272 g/mol. The molecule has 1 aromatic carbocycles. The normalized spacial score (nSPS) is 9.48. The maximum absolute atomic E-state index is 11.6. The number of ether oxygens (including phenoxy) is 2. The van der Waals surface area contributed by atoms with E-state index in [2.05, 4.69) is 0 Å². The van der Waals surface area contributed by atoms with Crippen molar-refractivity contribution in [2.45, 2.75) is 33.6 Å². The second-order valence-electron chi connectivity index (χ2n) is 4.12. The van der Waals surface area contributed by atoms with Crippen molar-refractivity contribution in [1.82, 2.24) is 0 Å². The first-order valence-electron chi connectivity index (χ1n) is 7.15. The number of hydrogen-bond donors (Lipinski definition) is 1. The number of unbranched alkanes of at least 4 members (excludes halogenated alkanes) is 1. The Morgan fingerprint density at radius 1 is 1.05 bits per heavy atom. The second kappa shape index (κ2) is 11.9. The van der Waals surface area contributed by atoms with Crippen molar-refractivity contribution in [2.75, 3.05) is 19.8 Å². The average Bonchev–Trinajstić information content (AvgIpc) is 2.49. The number of esters is 1. The molecule has 5 nitrogen and oxygen atoms in total. The van der Waals surface area contributed by atoms with E-state index in [0.717, 1.165) is 26.1 Å². The molecule has 0 aromatic heterocycles. The van der Waals surface area contributed by atoms with Crippen LogP contribution in [0.3, 0.4) is 0 Å². The number of benzene rings is 1. The zero-order valence-corrected chi connectivity index (χ0v) is 12.9. The summed E-state index contributed by atoms with van der Waals surface area (Å²) in [6.45, 7) is 7.97. The van der Waals surface area contributed by atoms with Gasteiger partial charge in [-0.1, -0.05) is 25.5 Å². The lowest BCUT2D eigenvalue weighted by Gasteiger charge is -2.06. The Balaban J connectivity index is 0.000000690. The summed E-state index contributed by atoms with van der Waals surface area (Å²) in [7, 11) is 0. The smallest absolute Gasteiger partial charge is 0.339 e. The summed E-state index contributed by atoms with van der Waals surface area (Å²) in [4.78, 5) is 22.4. The van der Waals surface area contributed by atoms with Crippen LogP contribution in [0.15, 0.2) is 24.3 Å². The zero-order valence-electron chi connectivity index (χ0n) is 12.9. The van der Waals surface area contributed by atoms with Crippen LogP contribution < -0.4 is 0 Å². The molecule has 5 heteroatoms. The minimum absolute atomic E-state index is 0.0241. The molecule has 0 saturated carbocycles. The highest BCUT2D eigenvalue weighted by molar-refractivity contribution is 6.02. The molecule has 0 aliphatic rings. The van der Waals surface area contributed by atoms with Gasteiger partial charge in [0.15, 0.2) is 0 Å². The highest BCUT2D eigenvalue weighted by atomic mass is 16.5. The van der Waals surface area contributed by atoms with Crippen molar-refractivity contribution < 1.29 is 24.2 Å². The van der Waals surface area contributed by atoms with Crippen molar-refractivity contribution in [3.8, 4) is 0 Å². The number of rotatable bonds is 7. The van der Waals surface area contributed by atoms with Gasteiger partial charge in [0.1, 0.15) is 0 Å². The van der Waals surface area contributed by atoms with Gasteiger partial charge in [-0.3, -0.25) is 0 Å². The summed E-state index contributed by atoms with van der Waals surface area (Å²) in [5, 5.41) is 8.88. The van der Waals surface area contributed by atoms with Crippen LogP contribution in [0.2, 0.25) is 0 Å². The molecule has 0 bridgehead atoms. The second-order valence-corrected chi connectivity index (χ2v) is 4.12. The van der Waals surface area contributed by atoms with E-state index in [1.807, 2.05) is 20.8 Å². The quantitative estimate of drug-likeness (QED) is 0.617. The number of carboxylic acid groups (broad SMARTS) is 1. The van der Waals surface area contributed by atoms with Crippen molar-refractivity contribution in [1.29, 1.82) is 0 Å². The molecule has 0 radical (unpaired) electrons. The Morgan fingerprint density at radius 3 is 2.05 bits per heavy atom. The van der Waals surface area contributed by atoms with Crippen molar-refractivity contribution in [3.63, 3.8) is 0 Å². The molecule has 0 fully saturated rings. The fourth-order valence-corrected chi connectivity index (χ4v) is 1.44. The van der Waals surface area contributed by atoms with Crippen LogP contribution in [0.25, 0.3) is 0 Å². The lowest BCUT2D eigenvalue weighted by atomic mass is 10.1. The number of carboxylic acids is 1. The van der Waals surface area contributed by atoms with E-state index in [1.165, 1.54) is 12.1 Å². The van der Waals surface area contributed by atoms with Crippen LogP contribution >= 0.6 is 0 Å². The highest BCUT2D eigenvalue weighted by Gasteiger charge is 2.16. The van der Waals surface area contributed by atoms with Crippen LogP contribution in [0.5, 0.6) is 0 Å². The molecular formula is C16H24O5. The molecule has 1 N–H and O–H groups in total. The molecule has 0 saturated heterocycles. The first-order valence-corrected chi connectivity index (χ1v) is 7.15. The van der Waals surface area contributed by atoms with Crippen LogP contribution in [0, 0.1) is 0 Å². The molecule has 118 valence electrons. The van der Waals surface area contributed by atoms with E-state index in [-0.39, 0.29) is 11.1 Å². The van der Waals surface area contributed by atoms with E-state index < -0.39 is 11.9 Å². The Hall–Kier alpha value is -1.88. The number of carbonyl (C=O) groups excluding carboxylic acids is 1. The van der Waals surface area contributed by atoms with Gasteiger partial charge >= 0.3 is 11.9 Å². The van der Waals surface area contributed by atoms with E-state index in [9.17, 15) is 9.59 Å².